The summed E-state index contributed by atoms with van der Waals surface area (Å²) in [5.41, 5.74) is 2.94. The Morgan fingerprint density at radius 2 is 1.91 bits per heavy atom. The number of nitriles is 1. The summed E-state index contributed by atoms with van der Waals surface area (Å²) >= 11 is 5.84. The molecule has 0 heterocycles. The molecule has 0 saturated carbocycles. The Morgan fingerprint density at radius 1 is 1.18 bits per heavy atom. The number of nitrogens with zero attached hydrogens (tertiary/aromatic N) is 1. The Kier molecular flexibility index (Phi) is 5.40. The zero-order chi connectivity index (χ0) is 15.9. The maximum Gasteiger partial charge on any atom is 0.251 e. The molecule has 0 atom stereocenters. The highest BCUT2D eigenvalue weighted by Gasteiger charge is 2.05. The van der Waals surface area contributed by atoms with Gasteiger partial charge in [-0.1, -0.05) is 29.3 Å². The first-order valence-corrected chi connectivity index (χ1v) is 7.26. The maximum absolute atomic E-state index is 11.9. The quantitative estimate of drug-likeness (QED) is 0.832. The summed E-state index contributed by atoms with van der Waals surface area (Å²) in [4.78, 5) is 11.9. The van der Waals surface area contributed by atoms with Crippen molar-refractivity contribution in [1.29, 1.82) is 5.26 Å². The average Bonchev–Trinajstić information content (AvgIpc) is 2.53. The lowest BCUT2D eigenvalue weighted by atomic mass is 10.1. The lowest BCUT2D eigenvalue weighted by molar-refractivity contribution is 0.0955. The molecule has 0 aromatic heterocycles. The molecule has 2 aromatic rings. The van der Waals surface area contributed by atoms with Crippen molar-refractivity contribution in [2.75, 3.05) is 18.4 Å². The van der Waals surface area contributed by atoms with Crippen molar-refractivity contribution >= 4 is 23.2 Å². The lowest BCUT2D eigenvalue weighted by Gasteiger charge is -2.09. The molecule has 0 bridgehead atoms. The highest BCUT2D eigenvalue weighted by atomic mass is 35.5. The Morgan fingerprint density at radius 3 is 2.59 bits per heavy atom. The molecular weight excluding hydrogens is 298 g/mol. The minimum absolute atomic E-state index is 0.113. The van der Waals surface area contributed by atoms with E-state index in [4.69, 9.17) is 16.9 Å². The maximum atomic E-state index is 11.9. The SMILES string of the molecule is Cc1ccc(C(=O)NCCNc2ccc(Cl)cc2C#N)cc1. The third-order valence-corrected chi connectivity index (χ3v) is 3.38. The molecule has 5 heteroatoms. The summed E-state index contributed by atoms with van der Waals surface area (Å²) in [6.07, 6.45) is 0. The molecule has 112 valence electrons. The highest BCUT2D eigenvalue weighted by molar-refractivity contribution is 6.30. The molecule has 2 N–H and O–H groups in total. The van der Waals surface area contributed by atoms with Gasteiger partial charge >= 0.3 is 0 Å². The van der Waals surface area contributed by atoms with Crippen LogP contribution < -0.4 is 10.6 Å². The molecule has 0 saturated heterocycles. The minimum Gasteiger partial charge on any atom is -0.382 e. The third kappa shape index (κ3) is 4.24. The van der Waals surface area contributed by atoms with E-state index in [9.17, 15) is 4.79 Å². The molecule has 0 fully saturated rings. The van der Waals surface area contributed by atoms with Crippen molar-refractivity contribution in [3.63, 3.8) is 0 Å². The van der Waals surface area contributed by atoms with Crippen LogP contribution in [0.1, 0.15) is 21.5 Å². The number of carbonyl (C=O) groups is 1. The van der Waals surface area contributed by atoms with E-state index in [-0.39, 0.29) is 5.91 Å². The van der Waals surface area contributed by atoms with Gasteiger partial charge < -0.3 is 10.6 Å². The zero-order valence-electron chi connectivity index (χ0n) is 12.2. The number of benzene rings is 2. The number of carbonyl (C=O) groups excluding carboxylic acids is 1. The number of nitrogens with one attached hydrogen (secondary N) is 2. The van der Waals surface area contributed by atoms with Gasteiger partial charge in [0.25, 0.3) is 5.91 Å². The van der Waals surface area contributed by atoms with Gasteiger partial charge in [0.05, 0.1) is 11.3 Å². The number of anilines is 1. The summed E-state index contributed by atoms with van der Waals surface area (Å²) in [6.45, 7) is 2.96. The van der Waals surface area contributed by atoms with Crippen LogP contribution in [0.4, 0.5) is 5.69 Å². The first-order valence-electron chi connectivity index (χ1n) is 6.88. The highest BCUT2D eigenvalue weighted by Crippen LogP contribution is 2.19. The van der Waals surface area contributed by atoms with E-state index >= 15 is 0 Å². The van der Waals surface area contributed by atoms with Crippen molar-refractivity contribution in [1.82, 2.24) is 5.32 Å². The van der Waals surface area contributed by atoms with E-state index in [1.165, 1.54) is 0 Å². The van der Waals surface area contributed by atoms with Gasteiger partial charge in [0.15, 0.2) is 0 Å². The number of aryl methyl sites for hydroxylation is 1. The molecule has 22 heavy (non-hydrogen) atoms. The fourth-order valence-electron chi connectivity index (χ4n) is 1.94. The smallest absolute Gasteiger partial charge is 0.251 e. The van der Waals surface area contributed by atoms with Crippen molar-refractivity contribution in [2.45, 2.75) is 6.92 Å². The Labute approximate surface area is 134 Å². The zero-order valence-corrected chi connectivity index (χ0v) is 12.9. The van der Waals surface area contributed by atoms with Gasteiger partial charge in [-0.25, -0.2) is 0 Å². The molecule has 0 spiro atoms. The number of hydrogen-bond donors (Lipinski definition) is 2. The van der Waals surface area contributed by atoms with E-state index in [2.05, 4.69) is 16.7 Å². The summed E-state index contributed by atoms with van der Waals surface area (Å²) in [7, 11) is 0. The van der Waals surface area contributed by atoms with E-state index in [1.54, 1.807) is 30.3 Å². The molecule has 2 rings (SSSR count). The van der Waals surface area contributed by atoms with Crippen molar-refractivity contribution in [2.24, 2.45) is 0 Å². The Bertz CT molecular complexity index is 705. The second kappa shape index (κ2) is 7.48. The van der Waals surface area contributed by atoms with E-state index in [1.807, 2.05) is 19.1 Å². The Balaban J connectivity index is 1.83. The second-order valence-corrected chi connectivity index (χ2v) is 5.29. The van der Waals surface area contributed by atoms with Gasteiger partial charge in [0, 0.05) is 23.7 Å². The van der Waals surface area contributed by atoms with Gasteiger partial charge in [0.2, 0.25) is 0 Å². The van der Waals surface area contributed by atoms with E-state index in [0.29, 0.717) is 34.9 Å². The summed E-state index contributed by atoms with van der Waals surface area (Å²) in [5.74, 6) is -0.113. The molecule has 0 unspecified atom stereocenters. The van der Waals surface area contributed by atoms with Crippen molar-refractivity contribution in [3.8, 4) is 6.07 Å². The first kappa shape index (κ1) is 15.9. The van der Waals surface area contributed by atoms with Gasteiger partial charge in [-0.15, -0.1) is 0 Å². The predicted octanol–water partition coefficient (Wildman–Crippen LogP) is 3.36. The molecular formula is C17H16ClN3O. The fourth-order valence-corrected chi connectivity index (χ4v) is 2.12. The number of hydrogen-bond acceptors (Lipinski definition) is 3. The van der Waals surface area contributed by atoms with Gasteiger partial charge in [-0.2, -0.15) is 5.26 Å². The Hall–Kier alpha value is -2.51. The van der Waals surface area contributed by atoms with Crippen LogP contribution in [0.25, 0.3) is 0 Å². The molecule has 0 aliphatic heterocycles. The topological polar surface area (TPSA) is 64.9 Å². The molecule has 4 nitrogen and oxygen atoms in total. The molecule has 2 aromatic carbocycles. The van der Waals surface area contributed by atoms with Gasteiger partial charge in [0.1, 0.15) is 6.07 Å². The van der Waals surface area contributed by atoms with Crippen LogP contribution in [0, 0.1) is 18.3 Å². The average molecular weight is 314 g/mol. The van der Waals surface area contributed by atoms with E-state index < -0.39 is 0 Å². The minimum atomic E-state index is -0.113. The normalized spacial score (nSPS) is 9.86. The van der Waals surface area contributed by atoms with Crippen LogP contribution in [0.3, 0.4) is 0 Å². The predicted molar refractivity (Wildman–Crippen MR) is 88.2 cm³/mol. The summed E-state index contributed by atoms with van der Waals surface area (Å²) in [6, 6.07) is 14.6. The molecule has 0 aliphatic carbocycles. The molecule has 0 aliphatic rings. The fraction of sp³-hybridized carbons (Fsp3) is 0.176. The lowest BCUT2D eigenvalue weighted by Crippen LogP contribution is -2.28. The third-order valence-electron chi connectivity index (χ3n) is 3.14. The van der Waals surface area contributed by atoms with Gasteiger partial charge in [-0.05, 0) is 37.3 Å². The largest absolute Gasteiger partial charge is 0.382 e. The first-order chi connectivity index (χ1) is 10.6. The van der Waals surface area contributed by atoms with Crippen LogP contribution in [-0.2, 0) is 0 Å². The van der Waals surface area contributed by atoms with Crippen LogP contribution in [0.2, 0.25) is 5.02 Å². The molecule has 0 radical (unpaired) electrons. The summed E-state index contributed by atoms with van der Waals surface area (Å²) in [5, 5.41) is 15.5. The summed E-state index contributed by atoms with van der Waals surface area (Å²) < 4.78 is 0. The standard InChI is InChI=1S/C17H16ClN3O/c1-12-2-4-13(5-3-12)17(22)21-9-8-20-16-7-6-15(18)10-14(16)11-19/h2-7,10,20H,8-9H2,1H3,(H,21,22). The molecule has 1 amide bonds. The van der Waals surface area contributed by atoms with Crippen molar-refractivity contribution in [3.05, 3.63) is 64.2 Å². The van der Waals surface area contributed by atoms with Crippen LogP contribution in [0.5, 0.6) is 0 Å². The van der Waals surface area contributed by atoms with Gasteiger partial charge in [-0.3, -0.25) is 4.79 Å². The monoisotopic (exact) mass is 313 g/mol. The van der Waals surface area contributed by atoms with Crippen LogP contribution >= 0.6 is 11.6 Å². The number of halogens is 1. The second-order valence-electron chi connectivity index (χ2n) is 4.85. The van der Waals surface area contributed by atoms with E-state index in [0.717, 1.165) is 5.56 Å². The number of rotatable bonds is 5. The van der Waals surface area contributed by atoms with Crippen LogP contribution in [0.15, 0.2) is 42.5 Å². The number of amides is 1. The van der Waals surface area contributed by atoms with Crippen molar-refractivity contribution < 1.29 is 4.79 Å². The van der Waals surface area contributed by atoms with Crippen LogP contribution in [-0.4, -0.2) is 19.0 Å².